The smallest absolute Gasteiger partial charge is 0.290 e. The zero-order valence-corrected chi connectivity index (χ0v) is 16.0. The van der Waals surface area contributed by atoms with Gasteiger partial charge in [0.05, 0.1) is 11.6 Å². The average molecular weight is 393 g/mol. The Morgan fingerprint density at radius 3 is 2.38 bits per heavy atom. The molecule has 3 rings (SSSR count). The molecule has 0 aliphatic carbocycles. The van der Waals surface area contributed by atoms with E-state index >= 15 is 0 Å². The molecule has 1 atom stereocenters. The second-order valence-electron chi connectivity index (χ2n) is 6.70. The predicted octanol–water partition coefficient (Wildman–Crippen LogP) is 1.30. The highest BCUT2D eigenvalue weighted by atomic mass is 16.3. The summed E-state index contributed by atoms with van der Waals surface area (Å²) in [6.07, 6.45) is 0.598. The van der Waals surface area contributed by atoms with Crippen LogP contribution >= 0.6 is 0 Å². The zero-order chi connectivity index (χ0) is 21.0. The molecule has 0 radical (unpaired) electrons. The highest BCUT2D eigenvalue weighted by Crippen LogP contribution is 2.37. The molecule has 0 saturated heterocycles. The summed E-state index contributed by atoms with van der Waals surface area (Å²) < 4.78 is 0. The van der Waals surface area contributed by atoms with Crippen LogP contribution in [0.3, 0.4) is 0 Å². The number of hydrogen-bond donors (Lipinski definition) is 4. The first-order chi connectivity index (χ1) is 14.0. The summed E-state index contributed by atoms with van der Waals surface area (Å²) in [5.74, 6) is 9.60. The number of amides is 1. The van der Waals surface area contributed by atoms with E-state index in [2.05, 4.69) is 10.5 Å². The van der Waals surface area contributed by atoms with Crippen LogP contribution in [0.25, 0.3) is 0 Å². The van der Waals surface area contributed by atoms with E-state index in [4.69, 9.17) is 11.7 Å². The number of rotatable bonds is 6. The molecular weight excluding hydrogens is 370 g/mol. The van der Waals surface area contributed by atoms with Crippen LogP contribution in [-0.4, -0.2) is 34.1 Å². The van der Waals surface area contributed by atoms with Crippen molar-refractivity contribution in [1.29, 1.82) is 0 Å². The van der Waals surface area contributed by atoms with Gasteiger partial charge in [0.15, 0.2) is 17.4 Å². The monoisotopic (exact) mass is 393 g/mol. The Balaban J connectivity index is 1.94. The van der Waals surface area contributed by atoms with Crippen LogP contribution in [0.1, 0.15) is 29.7 Å². The van der Waals surface area contributed by atoms with Crippen molar-refractivity contribution in [2.24, 2.45) is 16.8 Å². The zero-order valence-electron chi connectivity index (χ0n) is 16.0. The lowest BCUT2D eigenvalue weighted by Gasteiger charge is -2.27. The summed E-state index contributed by atoms with van der Waals surface area (Å²) >= 11 is 0. The van der Waals surface area contributed by atoms with Crippen molar-refractivity contribution in [3.05, 3.63) is 82.6 Å². The maximum absolute atomic E-state index is 12.7. The molecular formula is C21H23N5O3. The lowest BCUT2D eigenvalue weighted by atomic mass is 9.95. The molecule has 29 heavy (non-hydrogen) atoms. The minimum Gasteiger partial charge on any atom is -0.503 e. The number of hydrazone groups is 1. The summed E-state index contributed by atoms with van der Waals surface area (Å²) in [6.45, 7) is 1.70. The first-order valence-corrected chi connectivity index (χ1v) is 9.11. The number of hydrazine groups is 1. The number of nitrogens with two attached hydrogens (primary N) is 2. The summed E-state index contributed by atoms with van der Waals surface area (Å²) in [4.78, 5) is 26.4. The van der Waals surface area contributed by atoms with Gasteiger partial charge in [0.2, 0.25) is 0 Å². The fraction of sp³-hybridized carbons (Fsp3) is 0.190. The van der Waals surface area contributed by atoms with Crippen molar-refractivity contribution in [2.45, 2.75) is 19.4 Å². The maximum Gasteiger partial charge on any atom is 0.290 e. The molecule has 0 bridgehead atoms. The minimum absolute atomic E-state index is 0.0977. The standard InChI is InChI=1S/C21H23N5O3/c1-13(27)17-18(15-7-9-16(10-8-15)20(24-22)25-23)26(21(29)19(17)28)12-11-14-5-3-2-4-6-14/h2-10,18,28H,11-12,22-23H2,1H3,(H,24,25). The quantitative estimate of drug-likeness (QED) is 0.253. The van der Waals surface area contributed by atoms with E-state index in [1.54, 1.807) is 24.3 Å². The van der Waals surface area contributed by atoms with Gasteiger partial charge in [0, 0.05) is 12.1 Å². The second kappa shape index (κ2) is 8.57. The number of amidine groups is 1. The van der Waals surface area contributed by atoms with E-state index in [0.29, 0.717) is 29.9 Å². The van der Waals surface area contributed by atoms with E-state index in [-0.39, 0.29) is 11.4 Å². The number of ketones is 1. The van der Waals surface area contributed by atoms with Crippen molar-refractivity contribution in [1.82, 2.24) is 10.3 Å². The van der Waals surface area contributed by atoms with Crippen LogP contribution in [0.2, 0.25) is 0 Å². The molecule has 0 saturated carbocycles. The van der Waals surface area contributed by atoms with Crippen molar-refractivity contribution in [2.75, 3.05) is 6.54 Å². The van der Waals surface area contributed by atoms with Gasteiger partial charge in [-0.1, -0.05) is 54.6 Å². The predicted molar refractivity (Wildman–Crippen MR) is 109 cm³/mol. The van der Waals surface area contributed by atoms with Gasteiger partial charge in [-0.05, 0) is 24.5 Å². The molecule has 2 aromatic rings. The number of nitrogens with one attached hydrogen (secondary N) is 1. The molecule has 8 nitrogen and oxygen atoms in total. The number of aliphatic hydroxyl groups excluding tert-OH is 1. The highest BCUT2D eigenvalue weighted by Gasteiger charge is 2.42. The Morgan fingerprint density at radius 1 is 1.17 bits per heavy atom. The third kappa shape index (κ3) is 3.97. The Hall–Kier alpha value is -3.65. The molecule has 6 N–H and O–H groups in total. The summed E-state index contributed by atoms with van der Waals surface area (Å²) in [5.41, 5.74) is 4.90. The number of benzene rings is 2. The molecule has 1 amide bonds. The molecule has 0 spiro atoms. The van der Waals surface area contributed by atoms with Crippen molar-refractivity contribution < 1.29 is 14.7 Å². The fourth-order valence-corrected chi connectivity index (χ4v) is 3.50. The van der Waals surface area contributed by atoms with E-state index in [1.165, 1.54) is 11.8 Å². The number of carbonyl (C=O) groups is 2. The van der Waals surface area contributed by atoms with Crippen molar-refractivity contribution in [3.8, 4) is 0 Å². The van der Waals surface area contributed by atoms with Gasteiger partial charge in [0.25, 0.3) is 5.91 Å². The average Bonchev–Trinajstić information content (AvgIpc) is 2.99. The largest absolute Gasteiger partial charge is 0.503 e. The molecule has 0 fully saturated rings. The van der Waals surface area contributed by atoms with Crippen LogP contribution in [0, 0.1) is 0 Å². The molecule has 1 unspecified atom stereocenters. The molecule has 0 aromatic heterocycles. The van der Waals surface area contributed by atoms with Gasteiger partial charge >= 0.3 is 0 Å². The Morgan fingerprint density at radius 2 is 1.83 bits per heavy atom. The second-order valence-corrected chi connectivity index (χ2v) is 6.70. The maximum atomic E-state index is 12.7. The third-order valence-corrected chi connectivity index (χ3v) is 4.93. The normalized spacial score (nSPS) is 17.0. The summed E-state index contributed by atoms with van der Waals surface area (Å²) in [5, 5.41) is 13.9. The Kier molecular flexibility index (Phi) is 5.94. The molecule has 2 aromatic carbocycles. The first-order valence-electron chi connectivity index (χ1n) is 9.11. The molecule has 1 aliphatic rings. The molecule has 8 heteroatoms. The van der Waals surface area contributed by atoms with Crippen LogP contribution in [0.4, 0.5) is 0 Å². The number of carbonyl (C=O) groups excluding carboxylic acids is 2. The van der Waals surface area contributed by atoms with Gasteiger partial charge in [-0.2, -0.15) is 5.10 Å². The number of nitrogens with zero attached hydrogens (tertiary/aromatic N) is 2. The van der Waals surface area contributed by atoms with Gasteiger partial charge < -0.3 is 21.3 Å². The number of aliphatic hydroxyl groups is 1. The van der Waals surface area contributed by atoms with Gasteiger partial charge in [-0.25, -0.2) is 5.84 Å². The molecule has 150 valence electrons. The number of Topliss-reactive ketones (excluding diaryl/α,β-unsaturated/α-hetero) is 1. The molecule has 1 heterocycles. The lowest BCUT2D eigenvalue weighted by molar-refractivity contribution is -0.129. The number of hydrogen-bond acceptors (Lipinski definition) is 6. The van der Waals surface area contributed by atoms with Crippen molar-refractivity contribution >= 4 is 17.5 Å². The van der Waals surface area contributed by atoms with Crippen molar-refractivity contribution in [3.63, 3.8) is 0 Å². The van der Waals surface area contributed by atoms with E-state index in [1.807, 2.05) is 30.3 Å². The highest BCUT2D eigenvalue weighted by molar-refractivity contribution is 6.08. The minimum atomic E-state index is -0.665. The summed E-state index contributed by atoms with van der Waals surface area (Å²) in [6, 6.07) is 16.0. The van der Waals surface area contributed by atoms with Gasteiger partial charge in [-0.15, -0.1) is 0 Å². The van der Waals surface area contributed by atoms with Crippen LogP contribution in [0.5, 0.6) is 0 Å². The summed E-state index contributed by atoms with van der Waals surface area (Å²) in [7, 11) is 0. The van der Waals surface area contributed by atoms with E-state index in [0.717, 1.165) is 5.56 Å². The third-order valence-electron chi connectivity index (χ3n) is 4.93. The van der Waals surface area contributed by atoms with Crippen LogP contribution < -0.4 is 17.1 Å². The fourth-order valence-electron chi connectivity index (χ4n) is 3.50. The van der Waals surface area contributed by atoms with E-state index < -0.39 is 17.7 Å². The van der Waals surface area contributed by atoms with Crippen LogP contribution in [0.15, 0.2) is 71.0 Å². The van der Waals surface area contributed by atoms with Gasteiger partial charge in [0.1, 0.15) is 0 Å². The SMILES string of the molecule is CC(=O)C1=C(O)C(=O)N(CCc2ccccc2)C1c1ccc(/C(=N/N)NN)cc1. The first kappa shape index (κ1) is 20.1. The lowest BCUT2D eigenvalue weighted by Crippen LogP contribution is -2.33. The van der Waals surface area contributed by atoms with Crippen LogP contribution in [-0.2, 0) is 16.0 Å². The molecule has 1 aliphatic heterocycles. The van der Waals surface area contributed by atoms with E-state index in [9.17, 15) is 14.7 Å². The van der Waals surface area contributed by atoms with Gasteiger partial charge in [-0.3, -0.25) is 9.59 Å². The Bertz CT molecular complexity index is 968. The topological polar surface area (TPSA) is 134 Å². The Labute approximate surface area is 168 Å².